The first kappa shape index (κ1) is 19.6. The fourth-order valence-corrected chi connectivity index (χ4v) is 4.16. The quantitative estimate of drug-likeness (QED) is 0.269. The average molecular weight is 425 g/mol. The Kier molecular flexibility index (Phi) is 4.75. The number of aromatic amines is 1. The van der Waals surface area contributed by atoms with Crippen LogP contribution in [-0.2, 0) is 0 Å². The molecule has 5 aromatic rings. The van der Waals surface area contributed by atoms with Crippen molar-refractivity contribution in [2.45, 2.75) is 12.3 Å². The summed E-state index contributed by atoms with van der Waals surface area (Å²) in [7, 11) is 0. The van der Waals surface area contributed by atoms with Crippen LogP contribution in [0.5, 0.6) is 11.5 Å². The maximum absolute atomic E-state index is 13.3. The van der Waals surface area contributed by atoms with Gasteiger partial charge in [0.15, 0.2) is 5.78 Å². The number of benzene rings is 3. The van der Waals surface area contributed by atoms with Crippen molar-refractivity contribution in [2.75, 3.05) is 0 Å². The Morgan fingerprint density at radius 1 is 0.906 bits per heavy atom. The maximum atomic E-state index is 13.3. The second-order valence-corrected chi connectivity index (χ2v) is 7.67. The first-order chi connectivity index (χ1) is 15.5. The van der Waals surface area contributed by atoms with Crippen LogP contribution in [0.2, 0.25) is 0 Å². The van der Waals surface area contributed by atoms with Crippen molar-refractivity contribution < 1.29 is 19.4 Å². The van der Waals surface area contributed by atoms with Gasteiger partial charge in [-0.3, -0.25) is 4.79 Å². The Labute approximate surface area is 182 Å². The lowest BCUT2D eigenvalue weighted by molar-refractivity contribution is 0.0971. The van der Waals surface area contributed by atoms with Crippen LogP contribution >= 0.6 is 0 Å². The fraction of sp³-hybridized carbons (Fsp3) is 0.0769. The average Bonchev–Trinajstić information content (AvgIpc) is 3.22. The third-order valence-electron chi connectivity index (χ3n) is 5.75. The molecule has 0 bridgehead atoms. The number of nitrogens with one attached hydrogen (secondary N) is 1. The van der Waals surface area contributed by atoms with Crippen LogP contribution in [0.4, 0.5) is 0 Å². The zero-order valence-corrected chi connectivity index (χ0v) is 16.9. The van der Waals surface area contributed by atoms with Crippen LogP contribution in [0.15, 0.2) is 88.2 Å². The molecule has 6 heteroatoms. The topological polar surface area (TPSA) is 104 Å². The molecule has 5 rings (SSSR count). The van der Waals surface area contributed by atoms with Crippen LogP contribution < -0.4 is 5.63 Å². The number of carbonyl (C=O) groups excluding carboxylic acids is 1. The zero-order chi connectivity index (χ0) is 22.2. The Balaban J connectivity index is 1.62. The third-order valence-corrected chi connectivity index (χ3v) is 5.75. The molecule has 0 spiro atoms. The highest BCUT2D eigenvalue weighted by atomic mass is 16.4. The van der Waals surface area contributed by atoms with E-state index in [0.29, 0.717) is 5.39 Å². The number of aromatic hydroxyl groups is 2. The monoisotopic (exact) mass is 425 g/mol. The molecule has 0 amide bonds. The van der Waals surface area contributed by atoms with Gasteiger partial charge in [-0.1, -0.05) is 42.5 Å². The normalized spacial score (nSPS) is 12.2. The lowest BCUT2D eigenvalue weighted by Gasteiger charge is -2.17. The van der Waals surface area contributed by atoms with Gasteiger partial charge in [-0.2, -0.15) is 0 Å². The molecule has 2 heterocycles. The summed E-state index contributed by atoms with van der Waals surface area (Å²) in [5, 5.41) is 21.7. The molecule has 2 aromatic heterocycles. The molecule has 0 aliphatic heterocycles. The van der Waals surface area contributed by atoms with Crippen LogP contribution in [0.1, 0.15) is 33.8 Å². The number of fused-ring (bicyclic) bond motifs is 2. The number of phenols is 1. The largest absolute Gasteiger partial charge is 0.508 e. The smallest absolute Gasteiger partial charge is 0.351 e. The number of rotatable bonds is 5. The molecular weight excluding hydrogens is 406 g/mol. The number of aromatic nitrogens is 1. The number of hydrogen-bond acceptors (Lipinski definition) is 5. The van der Waals surface area contributed by atoms with E-state index in [-0.39, 0.29) is 29.1 Å². The van der Waals surface area contributed by atoms with E-state index in [1.807, 2.05) is 30.5 Å². The van der Waals surface area contributed by atoms with Gasteiger partial charge in [-0.05, 0) is 41.5 Å². The molecular formula is C26H19NO5. The SMILES string of the molecule is O=C(CC(c1ccc(O)cc1)c1c[nH]c2ccccc12)c1c(O)c2ccccc2oc1=O. The molecule has 1 atom stereocenters. The first-order valence-electron chi connectivity index (χ1n) is 10.2. The number of Topliss-reactive ketones (excluding diaryl/α,β-unsaturated/α-hetero) is 1. The van der Waals surface area contributed by atoms with E-state index < -0.39 is 17.3 Å². The Hall–Kier alpha value is -4.32. The van der Waals surface area contributed by atoms with E-state index >= 15 is 0 Å². The molecule has 0 fully saturated rings. The van der Waals surface area contributed by atoms with Gasteiger partial charge in [0.2, 0.25) is 0 Å². The van der Waals surface area contributed by atoms with Crippen LogP contribution in [0.3, 0.4) is 0 Å². The summed E-state index contributed by atoms with van der Waals surface area (Å²) in [5.41, 5.74) is 1.60. The maximum Gasteiger partial charge on any atom is 0.351 e. The van der Waals surface area contributed by atoms with Gasteiger partial charge in [-0.25, -0.2) is 4.79 Å². The van der Waals surface area contributed by atoms with Gasteiger partial charge in [-0.15, -0.1) is 0 Å². The lowest BCUT2D eigenvalue weighted by atomic mass is 9.85. The van der Waals surface area contributed by atoms with E-state index in [1.165, 1.54) is 0 Å². The first-order valence-corrected chi connectivity index (χ1v) is 10.2. The minimum absolute atomic E-state index is 0.0662. The molecule has 0 saturated carbocycles. The van der Waals surface area contributed by atoms with Crippen molar-refractivity contribution in [1.82, 2.24) is 4.98 Å². The Bertz CT molecular complexity index is 1510. The van der Waals surface area contributed by atoms with Crippen molar-refractivity contribution in [3.8, 4) is 11.5 Å². The third kappa shape index (κ3) is 3.32. The molecule has 3 aromatic carbocycles. The molecule has 0 radical (unpaired) electrons. The van der Waals surface area contributed by atoms with Crippen molar-refractivity contribution in [3.05, 3.63) is 106 Å². The molecule has 0 aliphatic carbocycles. The molecule has 6 nitrogen and oxygen atoms in total. The number of phenolic OH excluding ortho intramolecular Hbond substituents is 1. The highest BCUT2D eigenvalue weighted by molar-refractivity contribution is 6.03. The van der Waals surface area contributed by atoms with Crippen LogP contribution in [0.25, 0.3) is 21.9 Å². The fourth-order valence-electron chi connectivity index (χ4n) is 4.16. The summed E-state index contributed by atoms with van der Waals surface area (Å²) < 4.78 is 5.28. The van der Waals surface area contributed by atoms with Gasteiger partial charge < -0.3 is 19.6 Å². The van der Waals surface area contributed by atoms with Crippen LogP contribution in [-0.4, -0.2) is 21.0 Å². The van der Waals surface area contributed by atoms with Crippen molar-refractivity contribution in [2.24, 2.45) is 0 Å². The van der Waals surface area contributed by atoms with E-state index in [4.69, 9.17) is 4.42 Å². The minimum Gasteiger partial charge on any atom is -0.508 e. The molecule has 0 saturated heterocycles. The summed E-state index contributed by atoms with van der Waals surface area (Å²) in [6, 6.07) is 20.9. The molecule has 32 heavy (non-hydrogen) atoms. The summed E-state index contributed by atoms with van der Waals surface area (Å²) >= 11 is 0. The second kappa shape index (κ2) is 7.74. The second-order valence-electron chi connectivity index (χ2n) is 7.67. The van der Waals surface area contributed by atoms with Gasteiger partial charge in [0.05, 0.1) is 5.39 Å². The lowest BCUT2D eigenvalue weighted by Crippen LogP contribution is -2.17. The van der Waals surface area contributed by atoms with E-state index in [0.717, 1.165) is 22.0 Å². The van der Waals surface area contributed by atoms with Crippen LogP contribution in [0, 0.1) is 0 Å². The number of H-pyrrole nitrogens is 1. The Morgan fingerprint density at radius 3 is 2.38 bits per heavy atom. The van der Waals surface area contributed by atoms with E-state index in [9.17, 15) is 19.8 Å². The van der Waals surface area contributed by atoms with Crippen molar-refractivity contribution >= 4 is 27.7 Å². The molecule has 1 unspecified atom stereocenters. The highest BCUT2D eigenvalue weighted by Gasteiger charge is 2.27. The Morgan fingerprint density at radius 2 is 1.59 bits per heavy atom. The highest BCUT2D eigenvalue weighted by Crippen LogP contribution is 2.36. The van der Waals surface area contributed by atoms with Gasteiger partial charge in [0.1, 0.15) is 22.6 Å². The summed E-state index contributed by atoms with van der Waals surface area (Å²) in [5.74, 6) is -1.19. The van der Waals surface area contributed by atoms with Gasteiger partial charge >= 0.3 is 5.63 Å². The number of para-hydroxylation sites is 2. The summed E-state index contributed by atoms with van der Waals surface area (Å²) in [6.07, 6.45) is 1.78. The predicted molar refractivity (Wildman–Crippen MR) is 121 cm³/mol. The van der Waals surface area contributed by atoms with E-state index in [1.54, 1.807) is 48.5 Å². The zero-order valence-electron chi connectivity index (χ0n) is 16.9. The number of ketones is 1. The van der Waals surface area contributed by atoms with Crippen molar-refractivity contribution in [3.63, 3.8) is 0 Å². The number of hydrogen-bond donors (Lipinski definition) is 3. The minimum atomic E-state index is -0.866. The molecule has 3 N–H and O–H groups in total. The van der Waals surface area contributed by atoms with E-state index in [2.05, 4.69) is 4.98 Å². The van der Waals surface area contributed by atoms with Gasteiger partial charge in [0.25, 0.3) is 0 Å². The van der Waals surface area contributed by atoms with Gasteiger partial charge in [0, 0.05) is 29.4 Å². The number of carbonyl (C=O) groups is 1. The standard InChI is InChI=1S/C26H19NO5/c28-16-11-9-15(10-12-16)19(20-14-27-21-7-3-1-5-17(20)21)13-22(29)24-25(30)18-6-2-4-8-23(18)32-26(24)31/h1-12,14,19,27-28,30H,13H2. The molecule has 0 aliphatic rings. The summed E-state index contributed by atoms with van der Waals surface area (Å²) in [4.78, 5) is 29.1. The molecule has 158 valence electrons. The summed E-state index contributed by atoms with van der Waals surface area (Å²) in [6.45, 7) is 0. The van der Waals surface area contributed by atoms with Crippen molar-refractivity contribution in [1.29, 1.82) is 0 Å². The predicted octanol–water partition coefficient (Wildman–Crippen LogP) is 5.09.